The van der Waals surface area contributed by atoms with E-state index in [0.717, 1.165) is 43.2 Å². The molecule has 218 valence electrons. The van der Waals surface area contributed by atoms with Crippen LogP contribution in [0.2, 0.25) is 10.0 Å². The van der Waals surface area contributed by atoms with Gasteiger partial charge in [-0.2, -0.15) is 0 Å². The van der Waals surface area contributed by atoms with Gasteiger partial charge in [-0.15, -0.1) is 0 Å². The molecule has 3 aromatic carbocycles. The Labute approximate surface area is 251 Å². The quantitative estimate of drug-likeness (QED) is 0.118. The summed E-state index contributed by atoms with van der Waals surface area (Å²) in [6.07, 6.45) is 8.50. The van der Waals surface area contributed by atoms with E-state index in [1.54, 1.807) is 24.3 Å². The Morgan fingerprint density at radius 1 is 1.00 bits per heavy atom. The van der Waals surface area contributed by atoms with E-state index >= 15 is 0 Å². The third-order valence-corrected chi connectivity index (χ3v) is 7.58. The summed E-state index contributed by atoms with van der Waals surface area (Å²) in [5, 5.41) is 41.2. The fourth-order valence-electron chi connectivity index (χ4n) is 4.78. The van der Waals surface area contributed by atoms with E-state index in [9.17, 15) is 15.0 Å². The van der Waals surface area contributed by atoms with Crippen molar-refractivity contribution in [1.82, 2.24) is 0 Å². The summed E-state index contributed by atoms with van der Waals surface area (Å²) in [5.74, 6) is -0.999. The Hall–Kier alpha value is -3.29. The summed E-state index contributed by atoms with van der Waals surface area (Å²) in [6, 6.07) is 17.7. The normalized spacial score (nSPS) is 18.6. The first-order valence-electron chi connectivity index (χ1n) is 13.6. The fraction of sp³-hybridized carbons (Fsp3) is 0.303. The summed E-state index contributed by atoms with van der Waals surface area (Å²) in [7, 11) is 0. The van der Waals surface area contributed by atoms with Crippen molar-refractivity contribution in [1.29, 1.82) is 0 Å². The number of allylic oxidation sites excluding steroid dienone is 2. The Balaban J connectivity index is 0.000000189. The number of hydrogen-bond donors (Lipinski definition) is 5. The number of carbonyl (C=O) groups is 1. The van der Waals surface area contributed by atoms with E-state index in [1.807, 2.05) is 37.3 Å². The zero-order valence-corrected chi connectivity index (χ0v) is 24.8. The third-order valence-electron chi connectivity index (χ3n) is 6.95. The molecule has 8 heteroatoms. The minimum absolute atomic E-state index is 0.00273. The number of nitrogens with one attached hydrogen (secondary N) is 1. The van der Waals surface area contributed by atoms with Crippen LogP contribution in [0.4, 0.5) is 11.4 Å². The van der Waals surface area contributed by atoms with Gasteiger partial charge in [0.05, 0.1) is 28.3 Å². The molecule has 0 saturated heterocycles. The van der Waals surface area contributed by atoms with E-state index in [4.69, 9.17) is 33.4 Å². The molecule has 0 spiro atoms. The number of rotatable bonds is 4. The largest absolute Gasteiger partial charge is 0.508 e. The summed E-state index contributed by atoms with van der Waals surface area (Å²) in [6.45, 7) is 4.06. The lowest BCUT2D eigenvalue weighted by molar-refractivity contribution is -0.136. The molecule has 5 N–H and O–H groups in total. The topological polar surface area (TPSA) is 110 Å². The van der Waals surface area contributed by atoms with Crippen molar-refractivity contribution in [2.75, 3.05) is 5.32 Å². The number of fused-ring (bicyclic) bond motifs is 1. The van der Waals surface area contributed by atoms with E-state index in [1.165, 1.54) is 23.3 Å². The minimum Gasteiger partial charge on any atom is -0.508 e. The molecule has 5 rings (SSSR count). The molecule has 0 fully saturated rings. The smallest absolute Gasteiger partial charge is 0.307 e. The summed E-state index contributed by atoms with van der Waals surface area (Å²) in [4.78, 5) is 10.9. The van der Waals surface area contributed by atoms with Gasteiger partial charge in [-0.1, -0.05) is 71.3 Å². The van der Waals surface area contributed by atoms with E-state index in [-0.39, 0.29) is 24.4 Å². The van der Waals surface area contributed by atoms with Crippen LogP contribution >= 0.6 is 23.2 Å². The highest BCUT2D eigenvalue weighted by Gasteiger charge is 2.19. The van der Waals surface area contributed by atoms with Crippen LogP contribution in [-0.4, -0.2) is 32.5 Å². The molecule has 2 aliphatic rings. The number of aliphatic carboxylic acids is 1. The number of aliphatic hydroxyl groups is 2. The number of carboxylic acid groups (broad SMARTS) is 1. The monoisotopic (exact) mass is 597 g/mol. The maximum Gasteiger partial charge on any atom is 0.307 e. The molecule has 0 saturated carbocycles. The van der Waals surface area contributed by atoms with E-state index in [0.29, 0.717) is 27.0 Å². The van der Waals surface area contributed by atoms with Crippen LogP contribution < -0.4 is 5.32 Å². The van der Waals surface area contributed by atoms with Gasteiger partial charge in [0.15, 0.2) is 0 Å². The number of carboxylic acids is 1. The number of hydrogen-bond acceptors (Lipinski definition) is 5. The fourth-order valence-corrected chi connectivity index (χ4v) is 5.28. The second-order valence-corrected chi connectivity index (χ2v) is 10.9. The number of phenols is 1. The van der Waals surface area contributed by atoms with Crippen LogP contribution in [0, 0.1) is 0 Å². The molecule has 0 radical (unpaired) electrons. The molecular weight excluding hydrogens is 561 g/mol. The molecule has 6 nitrogen and oxygen atoms in total. The van der Waals surface area contributed by atoms with Crippen LogP contribution in [-0.2, 0) is 17.6 Å². The number of aryl methyl sites for hydroxylation is 1. The lowest BCUT2D eigenvalue weighted by atomic mass is 9.98. The molecule has 41 heavy (non-hydrogen) atoms. The average molecular weight is 599 g/mol. The molecule has 0 heterocycles. The summed E-state index contributed by atoms with van der Waals surface area (Å²) >= 11 is 12.1. The standard InChI is InChI=1S/C14H11Cl2NO3.C13H16O.C6H10O/c15-10-2-1-3-11(16)14(10)17-12-5-4-9(18)6-8(12)7-13(19)20;1-2-10-7-5-8-11-6-3-4-9-12(11)13(10)14;1-5-2-3-6(7)4-5/h1-6,17-18H,7H2,(H,19,20);2-4,6,9,13-14H,5,7-8H2,1H3;4,6-7H,2-3H2,1H3/b;10-2+;. The molecule has 0 bridgehead atoms. The van der Waals surface area contributed by atoms with Crippen LogP contribution in [0.15, 0.2) is 84.0 Å². The number of para-hydroxylation sites is 1. The zero-order chi connectivity index (χ0) is 29.9. The molecule has 0 aliphatic heterocycles. The van der Waals surface area contributed by atoms with Gasteiger partial charge in [-0.25, -0.2) is 0 Å². The Morgan fingerprint density at radius 2 is 1.71 bits per heavy atom. The number of halogens is 2. The van der Waals surface area contributed by atoms with Crippen molar-refractivity contribution in [3.8, 4) is 5.75 Å². The average Bonchev–Trinajstić information content (AvgIpc) is 3.24. The molecule has 2 atom stereocenters. The molecule has 2 aliphatic carbocycles. The highest BCUT2D eigenvalue weighted by Crippen LogP contribution is 2.35. The van der Waals surface area contributed by atoms with Crippen LogP contribution in [0.25, 0.3) is 0 Å². The van der Waals surface area contributed by atoms with Crippen LogP contribution in [0.1, 0.15) is 62.3 Å². The SMILES string of the molecule is C/C=C1\CCCc2ccccc2C1O.CC1=CC(O)CC1.O=C(O)Cc1cc(O)ccc1Nc1c(Cl)cccc1Cl. The van der Waals surface area contributed by atoms with Crippen molar-refractivity contribution in [2.45, 2.75) is 64.6 Å². The van der Waals surface area contributed by atoms with Gasteiger partial charge >= 0.3 is 5.97 Å². The third kappa shape index (κ3) is 9.65. The number of aliphatic hydroxyl groups excluding tert-OH is 2. The van der Waals surface area contributed by atoms with Crippen molar-refractivity contribution in [2.24, 2.45) is 0 Å². The summed E-state index contributed by atoms with van der Waals surface area (Å²) < 4.78 is 0. The molecule has 3 aromatic rings. The van der Waals surface area contributed by atoms with Gasteiger partial charge in [0.1, 0.15) is 11.9 Å². The second kappa shape index (κ2) is 15.6. The molecular formula is C33H37Cl2NO5. The predicted molar refractivity (Wildman–Crippen MR) is 166 cm³/mol. The Kier molecular flexibility index (Phi) is 12.3. The highest BCUT2D eigenvalue weighted by atomic mass is 35.5. The van der Waals surface area contributed by atoms with Gasteiger partial charge in [0, 0.05) is 5.69 Å². The van der Waals surface area contributed by atoms with Gasteiger partial charge in [0.25, 0.3) is 0 Å². The Bertz CT molecular complexity index is 1380. The van der Waals surface area contributed by atoms with E-state index in [2.05, 4.69) is 18.3 Å². The second-order valence-electron chi connectivity index (χ2n) is 10.1. The van der Waals surface area contributed by atoms with Crippen molar-refractivity contribution < 1.29 is 25.2 Å². The van der Waals surface area contributed by atoms with Gasteiger partial charge in [0.2, 0.25) is 0 Å². The number of aromatic hydroxyl groups is 1. The number of benzene rings is 3. The first-order valence-corrected chi connectivity index (χ1v) is 14.4. The van der Waals surface area contributed by atoms with Crippen molar-refractivity contribution in [3.63, 3.8) is 0 Å². The molecule has 2 unspecified atom stereocenters. The van der Waals surface area contributed by atoms with Gasteiger partial charge in [-0.3, -0.25) is 4.79 Å². The lowest BCUT2D eigenvalue weighted by Gasteiger charge is -2.14. The number of anilines is 2. The maximum atomic E-state index is 10.9. The lowest BCUT2D eigenvalue weighted by Crippen LogP contribution is -2.04. The van der Waals surface area contributed by atoms with Crippen LogP contribution in [0.5, 0.6) is 5.75 Å². The predicted octanol–water partition coefficient (Wildman–Crippen LogP) is 8.16. The van der Waals surface area contributed by atoms with Crippen molar-refractivity contribution in [3.05, 3.63) is 111 Å². The maximum absolute atomic E-state index is 10.9. The van der Waals surface area contributed by atoms with Gasteiger partial charge < -0.3 is 25.7 Å². The Morgan fingerprint density at radius 3 is 2.29 bits per heavy atom. The molecule has 0 amide bonds. The first-order chi connectivity index (χ1) is 19.6. The van der Waals surface area contributed by atoms with Crippen LogP contribution in [0.3, 0.4) is 0 Å². The number of phenolic OH excluding ortho intramolecular Hbond substituents is 1. The van der Waals surface area contributed by atoms with E-state index < -0.39 is 5.97 Å². The summed E-state index contributed by atoms with van der Waals surface area (Å²) in [5.41, 5.74) is 6.35. The zero-order valence-electron chi connectivity index (χ0n) is 23.3. The minimum atomic E-state index is -0.996. The first kappa shape index (κ1) is 32.2. The van der Waals surface area contributed by atoms with Crippen molar-refractivity contribution >= 4 is 40.5 Å². The van der Waals surface area contributed by atoms with Gasteiger partial charge in [-0.05, 0) is 98.5 Å². The molecule has 0 aromatic heterocycles. The highest BCUT2D eigenvalue weighted by molar-refractivity contribution is 6.39.